The number of hydrogen-bond acceptors (Lipinski definition) is 6. The Hall–Kier alpha value is -4.39. The molecule has 0 bridgehead atoms. The van der Waals surface area contributed by atoms with Crippen molar-refractivity contribution in [2.45, 2.75) is 12.1 Å². The van der Waals surface area contributed by atoms with Crippen LogP contribution in [0, 0.1) is 11.8 Å². The van der Waals surface area contributed by atoms with Crippen molar-refractivity contribution in [2.24, 2.45) is 11.8 Å². The number of carbonyl (C=O) groups is 3. The first-order chi connectivity index (χ1) is 17.5. The molecule has 2 fully saturated rings. The molecule has 0 saturated carbocycles. The zero-order chi connectivity index (χ0) is 25.0. The highest BCUT2D eigenvalue weighted by Crippen LogP contribution is 2.51. The van der Waals surface area contributed by atoms with Gasteiger partial charge in [0, 0.05) is 17.3 Å². The van der Waals surface area contributed by atoms with Gasteiger partial charge in [0.2, 0.25) is 11.8 Å². The standard InChI is InChI=1S/C29H24N2O5/c1-35-19-13-15-23(36-2)22(16-19)31-28(33)24-21-14-12-17-8-6-7-11-20(17)30(21)26(25(24)29(31)34)27(32)18-9-4-3-5-10-18/h3-16,21,24-26H,1-2H3/t21-,24-,25+,26-/m0/s1. The number of nitrogens with zero attached hydrogens (tertiary/aromatic N) is 2. The summed E-state index contributed by atoms with van der Waals surface area (Å²) in [7, 11) is 3.01. The summed E-state index contributed by atoms with van der Waals surface area (Å²) in [6.07, 6.45) is 3.91. The highest BCUT2D eigenvalue weighted by Gasteiger charge is 2.64. The van der Waals surface area contributed by atoms with E-state index < -0.39 is 29.8 Å². The Labute approximate surface area is 208 Å². The van der Waals surface area contributed by atoms with Crippen LogP contribution in [0.2, 0.25) is 0 Å². The van der Waals surface area contributed by atoms with Gasteiger partial charge in [0.1, 0.15) is 17.5 Å². The lowest BCUT2D eigenvalue weighted by Crippen LogP contribution is -2.48. The number of carbonyl (C=O) groups excluding carboxylic acids is 3. The Balaban J connectivity index is 1.50. The third-order valence-electron chi connectivity index (χ3n) is 7.37. The summed E-state index contributed by atoms with van der Waals surface area (Å²) in [4.78, 5) is 45.2. The molecule has 3 aliphatic rings. The lowest BCUT2D eigenvalue weighted by molar-refractivity contribution is -0.122. The molecule has 4 atom stereocenters. The first-order valence-electron chi connectivity index (χ1n) is 11.8. The van der Waals surface area contributed by atoms with Crippen LogP contribution < -0.4 is 19.3 Å². The number of methoxy groups -OCH3 is 2. The van der Waals surface area contributed by atoms with Crippen molar-refractivity contribution < 1.29 is 23.9 Å². The Bertz CT molecular complexity index is 1420. The summed E-state index contributed by atoms with van der Waals surface area (Å²) < 4.78 is 10.8. The van der Waals surface area contributed by atoms with Crippen LogP contribution in [0.1, 0.15) is 15.9 Å². The minimum absolute atomic E-state index is 0.182. The molecule has 2 saturated heterocycles. The number of amides is 2. The van der Waals surface area contributed by atoms with Crippen molar-refractivity contribution in [3.63, 3.8) is 0 Å². The molecule has 0 radical (unpaired) electrons. The number of ketones is 1. The Kier molecular flexibility index (Phi) is 5.14. The Morgan fingerprint density at radius 1 is 0.806 bits per heavy atom. The van der Waals surface area contributed by atoms with Gasteiger partial charge in [-0.15, -0.1) is 0 Å². The van der Waals surface area contributed by atoms with E-state index in [2.05, 4.69) is 0 Å². The number of rotatable bonds is 5. The van der Waals surface area contributed by atoms with Crippen LogP contribution in [0.25, 0.3) is 6.08 Å². The minimum atomic E-state index is -0.845. The van der Waals surface area contributed by atoms with Gasteiger partial charge in [-0.2, -0.15) is 0 Å². The molecule has 0 aliphatic carbocycles. The number of anilines is 2. The molecular formula is C29H24N2O5. The van der Waals surface area contributed by atoms with Gasteiger partial charge < -0.3 is 14.4 Å². The summed E-state index contributed by atoms with van der Waals surface area (Å²) in [6.45, 7) is 0. The van der Waals surface area contributed by atoms with Gasteiger partial charge in [0.25, 0.3) is 0 Å². The van der Waals surface area contributed by atoms with Crippen molar-refractivity contribution in [3.05, 3.63) is 90.0 Å². The molecule has 0 unspecified atom stereocenters. The van der Waals surface area contributed by atoms with E-state index in [9.17, 15) is 14.4 Å². The fourth-order valence-electron chi connectivity index (χ4n) is 5.80. The van der Waals surface area contributed by atoms with Gasteiger partial charge in [-0.05, 0) is 23.8 Å². The van der Waals surface area contributed by atoms with E-state index in [1.165, 1.54) is 19.1 Å². The molecule has 0 spiro atoms. The van der Waals surface area contributed by atoms with Crippen molar-refractivity contribution >= 4 is 35.0 Å². The van der Waals surface area contributed by atoms with Gasteiger partial charge in [-0.3, -0.25) is 14.4 Å². The second-order valence-electron chi connectivity index (χ2n) is 9.09. The molecule has 180 valence electrons. The third-order valence-corrected chi connectivity index (χ3v) is 7.37. The Morgan fingerprint density at radius 3 is 2.28 bits per heavy atom. The molecule has 36 heavy (non-hydrogen) atoms. The molecular weight excluding hydrogens is 456 g/mol. The number of benzene rings is 3. The lowest BCUT2D eigenvalue weighted by atomic mass is 9.86. The maximum Gasteiger partial charge on any atom is 0.240 e. The van der Waals surface area contributed by atoms with E-state index in [-0.39, 0.29) is 11.7 Å². The molecule has 3 aromatic carbocycles. The SMILES string of the molecule is COc1ccc(OC)c(N2C(=O)[C@@H]3[C@@H](C2=O)[C@@H]2C=Cc4ccccc4N2[C@@H]3C(=O)c2ccccc2)c1. The summed E-state index contributed by atoms with van der Waals surface area (Å²) in [5, 5.41) is 0. The molecule has 7 heteroatoms. The fourth-order valence-corrected chi connectivity index (χ4v) is 5.80. The molecule has 3 heterocycles. The largest absolute Gasteiger partial charge is 0.497 e. The van der Waals surface area contributed by atoms with Crippen molar-refractivity contribution in [1.82, 2.24) is 0 Å². The maximum absolute atomic E-state index is 14.1. The maximum atomic E-state index is 14.1. The van der Waals surface area contributed by atoms with Crippen LogP contribution in [0.4, 0.5) is 11.4 Å². The summed E-state index contributed by atoms with van der Waals surface area (Å²) in [5.41, 5.74) is 2.62. The van der Waals surface area contributed by atoms with Gasteiger partial charge in [-0.25, -0.2) is 4.90 Å². The number of hydrogen-bond donors (Lipinski definition) is 0. The predicted molar refractivity (Wildman–Crippen MR) is 135 cm³/mol. The number of fused-ring (bicyclic) bond motifs is 5. The first-order valence-corrected chi connectivity index (χ1v) is 11.8. The van der Waals surface area contributed by atoms with E-state index in [1.54, 1.807) is 42.5 Å². The molecule has 3 aliphatic heterocycles. The average Bonchev–Trinajstić information content (AvgIpc) is 3.40. The average molecular weight is 481 g/mol. The smallest absolute Gasteiger partial charge is 0.240 e. The van der Waals surface area contributed by atoms with Crippen LogP contribution in [0.5, 0.6) is 11.5 Å². The highest BCUT2D eigenvalue weighted by atomic mass is 16.5. The first kappa shape index (κ1) is 22.1. The number of imide groups is 1. The topological polar surface area (TPSA) is 76.2 Å². The van der Waals surface area contributed by atoms with E-state index in [0.29, 0.717) is 22.7 Å². The second-order valence-corrected chi connectivity index (χ2v) is 9.09. The van der Waals surface area contributed by atoms with E-state index in [4.69, 9.17) is 9.47 Å². The highest BCUT2D eigenvalue weighted by molar-refractivity contribution is 6.26. The summed E-state index contributed by atoms with van der Waals surface area (Å²) in [5.74, 6) is -1.63. The normalized spacial score (nSPS) is 23.8. The summed E-state index contributed by atoms with van der Waals surface area (Å²) >= 11 is 0. The third kappa shape index (κ3) is 3.09. The fraction of sp³-hybridized carbons (Fsp3) is 0.207. The molecule has 7 nitrogen and oxygen atoms in total. The zero-order valence-electron chi connectivity index (χ0n) is 19.8. The van der Waals surface area contributed by atoms with E-state index in [1.807, 2.05) is 47.4 Å². The van der Waals surface area contributed by atoms with Crippen LogP contribution in [-0.2, 0) is 9.59 Å². The molecule has 2 amide bonds. The number of ether oxygens (including phenoxy) is 2. The van der Waals surface area contributed by atoms with Crippen molar-refractivity contribution in [2.75, 3.05) is 24.0 Å². The molecule has 0 aromatic heterocycles. The number of para-hydroxylation sites is 1. The molecule has 0 N–H and O–H groups in total. The van der Waals surface area contributed by atoms with Gasteiger partial charge in [0.15, 0.2) is 5.78 Å². The lowest BCUT2D eigenvalue weighted by Gasteiger charge is -2.36. The van der Waals surface area contributed by atoms with Crippen LogP contribution in [0.15, 0.2) is 78.9 Å². The molecule has 3 aromatic rings. The van der Waals surface area contributed by atoms with Crippen molar-refractivity contribution in [1.29, 1.82) is 0 Å². The number of Topliss-reactive ketones (excluding diaryl/α,β-unsaturated/α-hetero) is 1. The van der Waals surface area contributed by atoms with Gasteiger partial charge in [0.05, 0.1) is 37.8 Å². The van der Waals surface area contributed by atoms with Crippen LogP contribution >= 0.6 is 0 Å². The van der Waals surface area contributed by atoms with Crippen LogP contribution in [-0.4, -0.2) is 43.9 Å². The molecule has 6 rings (SSSR count). The Morgan fingerprint density at radius 2 is 1.53 bits per heavy atom. The minimum Gasteiger partial charge on any atom is -0.497 e. The van der Waals surface area contributed by atoms with Gasteiger partial charge >= 0.3 is 0 Å². The quantitative estimate of drug-likeness (QED) is 0.406. The second kappa shape index (κ2) is 8.37. The van der Waals surface area contributed by atoms with E-state index in [0.717, 1.165) is 11.3 Å². The van der Waals surface area contributed by atoms with Gasteiger partial charge in [-0.1, -0.05) is 60.7 Å². The predicted octanol–water partition coefficient (Wildman–Crippen LogP) is 3.98. The zero-order valence-corrected chi connectivity index (χ0v) is 19.8. The van der Waals surface area contributed by atoms with Crippen molar-refractivity contribution in [3.8, 4) is 11.5 Å². The van der Waals surface area contributed by atoms with E-state index >= 15 is 0 Å². The monoisotopic (exact) mass is 480 g/mol. The summed E-state index contributed by atoms with van der Waals surface area (Å²) in [6, 6.07) is 20.4. The van der Waals surface area contributed by atoms with Crippen LogP contribution in [0.3, 0.4) is 0 Å².